The molecule has 0 unspecified atom stereocenters. The fourth-order valence-electron chi connectivity index (χ4n) is 1.68. The van der Waals surface area contributed by atoms with Crippen molar-refractivity contribution >= 4 is 5.97 Å². The number of carbonyl (C=O) groups is 1. The minimum Gasteiger partial charge on any atom is -0.479 e. The normalized spacial score (nSPS) is 12.8. The molecule has 0 amide bonds. The fourth-order valence-corrected chi connectivity index (χ4v) is 1.68. The van der Waals surface area contributed by atoms with Gasteiger partial charge in [0.05, 0.1) is 18.6 Å². The van der Waals surface area contributed by atoms with Gasteiger partial charge in [-0.15, -0.1) is 0 Å². The molecule has 1 N–H and O–H groups in total. The maximum Gasteiger partial charge on any atom is 0.333 e. The molecule has 6 heteroatoms. The topological polar surface area (TPSA) is 67.6 Å². The Balaban J connectivity index is 2.49. The minimum atomic E-state index is -0.941. The van der Waals surface area contributed by atoms with Crippen molar-refractivity contribution in [2.45, 2.75) is 32.4 Å². The van der Waals surface area contributed by atoms with Gasteiger partial charge in [0.25, 0.3) is 0 Å². The third-order valence-corrected chi connectivity index (χ3v) is 2.70. The van der Waals surface area contributed by atoms with Crippen LogP contribution in [0.1, 0.15) is 19.0 Å². The van der Waals surface area contributed by atoms with E-state index < -0.39 is 12.1 Å². The van der Waals surface area contributed by atoms with Gasteiger partial charge in [-0.3, -0.25) is 0 Å². The van der Waals surface area contributed by atoms with Crippen LogP contribution < -0.4 is 0 Å². The monoisotopic (exact) mass is 269 g/mol. The van der Waals surface area contributed by atoms with Crippen molar-refractivity contribution in [3.63, 3.8) is 0 Å². The summed E-state index contributed by atoms with van der Waals surface area (Å²) in [6, 6.07) is 0. The number of aromatic nitrogens is 2. The second-order valence-corrected chi connectivity index (χ2v) is 4.81. The molecule has 6 nitrogen and oxygen atoms in total. The molecule has 1 rings (SSSR count). The largest absolute Gasteiger partial charge is 0.479 e. The molecular weight excluding hydrogens is 246 g/mol. The molecule has 0 aliphatic heterocycles. The zero-order chi connectivity index (χ0) is 14.3. The van der Waals surface area contributed by atoms with Crippen molar-refractivity contribution in [1.29, 1.82) is 0 Å². The van der Waals surface area contributed by atoms with E-state index in [9.17, 15) is 4.79 Å². The Bertz CT molecular complexity index is 390. The highest BCUT2D eigenvalue weighted by Gasteiger charge is 2.19. The molecule has 108 valence electrons. The van der Waals surface area contributed by atoms with Gasteiger partial charge >= 0.3 is 5.97 Å². The predicted octanol–water partition coefficient (Wildman–Crippen LogP) is 0.867. The molecule has 1 atom stereocenters. The van der Waals surface area contributed by atoms with Crippen LogP contribution in [0.25, 0.3) is 0 Å². The first-order chi connectivity index (χ1) is 9.02. The van der Waals surface area contributed by atoms with Crippen molar-refractivity contribution in [1.82, 2.24) is 14.5 Å². The van der Waals surface area contributed by atoms with Crippen LogP contribution in [-0.4, -0.2) is 58.9 Å². The summed E-state index contributed by atoms with van der Waals surface area (Å²) in [5.41, 5.74) is 0.755. The Labute approximate surface area is 114 Å². The number of imidazole rings is 1. The van der Waals surface area contributed by atoms with E-state index in [1.54, 1.807) is 6.33 Å². The summed E-state index contributed by atoms with van der Waals surface area (Å²) in [6.45, 7) is 4.09. The van der Waals surface area contributed by atoms with Gasteiger partial charge < -0.3 is 19.3 Å². The zero-order valence-electron chi connectivity index (χ0n) is 11.9. The molecular formula is C13H23N3O3. The van der Waals surface area contributed by atoms with Crippen molar-refractivity contribution in [2.24, 2.45) is 0 Å². The van der Waals surface area contributed by atoms with E-state index in [1.165, 1.54) is 0 Å². The van der Waals surface area contributed by atoms with E-state index >= 15 is 0 Å². The summed E-state index contributed by atoms with van der Waals surface area (Å²) in [6.07, 6.45) is 4.12. The molecule has 0 radical (unpaired) electrons. The quantitative estimate of drug-likeness (QED) is 0.720. The third kappa shape index (κ3) is 5.85. The number of hydrogen-bond acceptors (Lipinski definition) is 4. The Morgan fingerprint density at radius 1 is 1.58 bits per heavy atom. The van der Waals surface area contributed by atoms with E-state index in [1.807, 2.05) is 29.8 Å². The van der Waals surface area contributed by atoms with Crippen LogP contribution in [0.15, 0.2) is 12.5 Å². The Morgan fingerprint density at radius 3 is 2.89 bits per heavy atom. The lowest BCUT2D eigenvalue weighted by Crippen LogP contribution is -2.30. The first-order valence-corrected chi connectivity index (χ1v) is 6.52. The van der Waals surface area contributed by atoms with Crippen molar-refractivity contribution in [3.8, 4) is 0 Å². The lowest BCUT2D eigenvalue weighted by molar-refractivity contribution is -0.150. The van der Waals surface area contributed by atoms with Crippen LogP contribution in [0.5, 0.6) is 0 Å². The molecule has 1 heterocycles. The Kier molecular flexibility index (Phi) is 6.52. The standard InChI is InChI=1S/C13H23N3O3/c1-4-5-16-9-11(14-10-16)8-12(13(17)18)19-7-6-15(2)3/h9-10,12H,4-8H2,1-3H3,(H,17,18)/t12-/m0/s1. The summed E-state index contributed by atoms with van der Waals surface area (Å²) in [4.78, 5) is 17.3. The molecule has 0 bridgehead atoms. The first kappa shape index (κ1) is 15.7. The molecule has 0 aliphatic carbocycles. The average molecular weight is 269 g/mol. The number of likely N-dealkylation sites (N-methyl/N-ethyl adjacent to an activating group) is 1. The molecule has 0 aliphatic rings. The number of ether oxygens (including phenoxy) is 1. The molecule has 1 aromatic heterocycles. The highest BCUT2D eigenvalue weighted by atomic mass is 16.5. The summed E-state index contributed by atoms with van der Waals surface area (Å²) >= 11 is 0. The van der Waals surface area contributed by atoms with Crippen molar-refractivity contribution < 1.29 is 14.6 Å². The molecule has 0 saturated heterocycles. The highest BCUT2D eigenvalue weighted by Crippen LogP contribution is 2.05. The predicted molar refractivity (Wildman–Crippen MR) is 72.2 cm³/mol. The SMILES string of the molecule is CCCn1cnc(C[C@H](OCCN(C)C)C(=O)O)c1. The van der Waals surface area contributed by atoms with E-state index in [4.69, 9.17) is 9.84 Å². The molecule has 0 fully saturated rings. The second-order valence-electron chi connectivity index (χ2n) is 4.81. The molecule has 0 saturated carbocycles. The highest BCUT2D eigenvalue weighted by molar-refractivity contribution is 5.72. The first-order valence-electron chi connectivity index (χ1n) is 6.52. The summed E-state index contributed by atoms with van der Waals surface area (Å²) < 4.78 is 7.36. The van der Waals surface area contributed by atoms with Gasteiger partial charge in [-0.2, -0.15) is 0 Å². The van der Waals surface area contributed by atoms with Crippen LogP contribution in [-0.2, 0) is 22.5 Å². The maximum atomic E-state index is 11.1. The molecule has 19 heavy (non-hydrogen) atoms. The number of hydrogen-bond donors (Lipinski definition) is 1. The molecule has 0 spiro atoms. The van der Waals surface area contributed by atoms with Crippen LogP contribution in [0.2, 0.25) is 0 Å². The van der Waals surface area contributed by atoms with Crippen LogP contribution >= 0.6 is 0 Å². The summed E-state index contributed by atoms with van der Waals surface area (Å²) in [5, 5.41) is 9.14. The summed E-state index contributed by atoms with van der Waals surface area (Å²) in [7, 11) is 3.84. The fraction of sp³-hybridized carbons (Fsp3) is 0.692. The van der Waals surface area contributed by atoms with E-state index in [0.717, 1.165) is 18.7 Å². The number of rotatable bonds is 9. The van der Waals surface area contributed by atoms with Crippen molar-refractivity contribution in [3.05, 3.63) is 18.2 Å². The van der Waals surface area contributed by atoms with Crippen LogP contribution in [0.3, 0.4) is 0 Å². The molecule has 1 aromatic rings. The summed E-state index contributed by atoms with van der Waals surface area (Å²) in [5.74, 6) is -0.941. The van der Waals surface area contributed by atoms with Crippen molar-refractivity contribution in [2.75, 3.05) is 27.2 Å². The van der Waals surface area contributed by atoms with Gasteiger partial charge in [-0.25, -0.2) is 9.78 Å². The number of carboxylic acid groups (broad SMARTS) is 1. The second kappa shape index (κ2) is 7.91. The Morgan fingerprint density at radius 2 is 2.32 bits per heavy atom. The van der Waals surface area contributed by atoms with Crippen LogP contribution in [0, 0.1) is 0 Å². The van der Waals surface area contributed by atoms with E-state index in [2.05, 4.69) is 11.9 Å². The van der Waals surface area contributed by atoms with Gasteiger partial charge in [-0.1, -0.05) is 6.92 Å². The number of carboxylic acids is 1. The van der Waals surface area contributed by atoms with E-state index in [0.29, 0.717) is 19.6 Å². The van der Waals surface area contributed by atoms with Gasteiger partial charge in [0.15, 0.2) is 6.10 Å². The average Bonchev–Trinajstić information content (AvgIpc) is 2.75. The Hall–Kier alpha value is -1.40. The number of aryl methyl sites for hydroxylation is 1. The van der Waals surface area contributed by atoms with Gasteiger partial charge in [0.1, 0.15) is 0 Å². The van der Waals surface area contributed by atoms with Gasteiger partial charge in [0.2, 0.25) is 0 Å². The van der Waals surface area contributed by atoms with Gasteiger partial charge in [0, 0.05) is 25.7 Å². The smallest absolute Gasteiger partial charge is 0.333 e. The maximum absolute atomic E-state index is 11.1. The zero-order valence-corrected chi connectivity index (χ0v) is 11.9. The minimum absolute atomic E-state index is 0.305. The molecule has 0 aromatic carbocycles. The number of nitrogens with zero attached hydrogens (tertiary/aromatic N) is 3. The number of aliphatic carboxylic acids is 1. The van der Waals surface area contributed by atoms with E-state index in [-0.39, 0.29) is 0 Å². The lowest BCUT2D eigenvalue weighted by Gasteiger charge is -2.15. The lowest BCUT2D eigenvalue weighted by atomic mass is 10.2. The van der Waals surface area contributed by atoms with Crippen LogP contribution in [0.4, 0.5) is 0 Å². The third-order valence-electron chi connectivity index (χ3n) is 2.70. The van der Waals surface area contributed by atoms with Gasteiger partial charge in [-0.05, 0) is 20.5 Å².